The lowest BCUT2D eigenvalue weighted by Crippen LogP contribution is -2.30. The van der Waals surface area contributed by atoms with E-state index in [0.717, 1.165) is 128 Å². The average Bonchev–Trinajstić information content (AvgIpc) is 3.28. The average molecular weight is 873 g/mol. The molecule has 0 aliphatic rings. The zero-order chi connectivity index (χ0) is 45.8. The summed E-state index contributed by atoms with van der Waals surface area (Å²) in [6.07, 6.45) is 68.3. The van der Waals surface area contributed by atoms with Crippen LogP contribution in [0.1, 0.15) is 213 Å². The summed E-state index contributed by atoms with van der Waals surface area (Å²) in [6, 6.07) is 0. The Hall–Kier alpha value is -3.93. The number of esters is 3. The van der Waals surface area contributed by atoms with Gasteiger partial charge in [-0.2, -0.15) is 0 Å². The van der Waals surface area contributed by atoms with Gasteiger partial charge >= 0.3 is 17.9 Å². The van der Waals surface area contributed by atoms with Crippen LogP contribution in [0.5, 0.6) is 0 Å². The molecule has 0 aliphatic heterocycles. The molecule has 63 heavy (non-hydrogen) atoms. The van der Waals surface area contributed by atoms with Crippen LogP contribution in [-0.4, -0.2) is 37.2 Å². The third-order valence-electron chi connectivity index (χ3n) is 10.3. The molecule has 0 saturated heterocycles. The lowest BCUT2D eigenvalue weighted by atomic mass is 10.1. The molecule has 0 rings (SSSR count). The van der Waals surface area contributed by atoms with Crippen LogP contribution in [0, 0.1) is 0 Å². The minimum absolute atomic E-state index is 0.0991. The molecule has 0 heterocycles. The van der Waals surface area contributed by atoms with Crippen molar-refractivity contribution < 1.29 is 28.6 Å². The number of ether oxygens (including phenoxy) is 3. The summed E-state index contributed by atoms with van der Waals surface area (Å²) >= 11 is 0. The number of carbonyl (C=O) groups is 3. The molecule has 0 fully saturated rings. The van der Waals surface area contributed by atoms with Crippen LogP contribution >= 0.6 is 0 Å². The molecule has 0 saturated carbocycles. The van der Waals surface area contributed by atoms with E-state index in [9.17, 15) is 14.4 Å². The molecule has 0 aromatic heterocycles. The van der Waals surface area contributed by atoms with Gasteiger partial charge in [-0.3, -0.25) is 14.4 Å². The number of carbonyl (C=O) groups excluding carboxylic acids is 3. The lowest BCUT2D eigenvalue weighted by Gasteiger charge is -2.18. The highest BCUT2D eigenvalue weighted by Crippen LogP contribution is 2.13. The van der Waals surface area contributed by atoms with E-state index < -0.39 is 6.10 Å². The van der Waals surface area contributed by atoms with Crippen molar-refractivity contribution in [2.24, 2.45) is 0 Å². The Labute approximate surface area is 387 Å². The first-order chi connectivity index (χ1) is 31.0. The molecule has 1 unspecified atom stereocenters. The predicted octanol–water partition coefficient (Wildman–Crippen LogP) is 16.8. The van der Waals surface area contributed by atoms with Gasteiger partial charge in [0.25, 0.3) is 0 Å². The van der Waals surface area contributed by atoms with Gasteiger partial charge in [-0.25, -0.2) is 0 Å². The van der Waals surface area contributed by atoms with E-state index >= 15 is 0 Å². The summed E-state index contributed by atoms with van der Waals surface area (Å²) in [7, 11) is 0. The molecule has 0 N–H and O–H groups in total. The maximum Gasteiger partial charge on any atom is 0.306 e. The Morgan fingerprint density at radius 1 is 0.333 bits per heavy atom. The fourth-order valence-corrected chi connectivity index (χ4v) is 6.52. The van der Waals surface area contributed by atoms with E-state index in [-0.39, 0.29) is 37.5 Å². The molecule has 0 spiro atoms. The van der Waals surface area contributed by atoms with E-state index in [1.54, 1.807) is 0 Å². The van der Waals surface area contributed by atoms with Crippen LogP contribution in [0.2, 0.25) is 0 Å². The highest BCUT2D eigenvalue weighted by Gasteiger charge is 2.19. The van der Waals surface area contributed by atoms with E-state index in [1.165, 1.54) is 38.5 Å². The largest absolute Gasteiger partial charge is 0.462 e. The quantitative estimate of drug-likeness (QED) is 0.0263. The number of allylic oxidation sites excluding steroid dienone is 18. The molecule has 6 heteroatoms. The van der Waals surface area contributed by atoms with Gasteiger partial charge in [-0.1, -0.05) is 201 Å². The molecule has 0 aromatic rings. The number of unbranched alkanes of at least 4 members (excludes halogenated alkanes) is 15. The summed E-state index contributed by atoms with van der Waals surface area (Å²) in [5.41, 5.74) is 0. The Morgan fingerprint density at radius 3 is 1.00 bits per heavy atom. The van der Waals surface area contributed by atoms with Gasteiger partial charge < -0.3 is 14.2 Å². The van der Waals surface area contributed by atoms with E-state index in [1.807, 2.05) is 0 Å². The second kappa shape index (κ2) is 50.7. The van der Waals surface area contributed by atoms with Gasteiger partial charge in [-0.15, -0.1) is 0 Å². The van der Waals surface area contributed by atoms with Crippen LogP contribution in [-0.2, 0) is 28.6 Å². The minimum atomic E-state index is -0.799. The van der Waals surface area contributed by atoms with Gasteiger partial charge in [0.15, 0.2) is 6.10 Å². The predicted molar refractivity (Wildman–Crippen MR) is 270 cm³/mol. The smallest absolute Gasteiger partial charge is 0.306 e. The van der Waals surface area contributed by atoms with Crippen molar-refractivity contribution >= 4 is 17.9 Å². The highest BCUT2D eigenvalue weighted by atomic mass is 16.6. The molecule has 0 aliphatic carbocycles. The van der Waals surface area contributed by atoms with Crippen LogP contribution < -0.4 is 0 Å². The summed E-state index contributed by atoms with van der Waals surface area (Å²) < 4.78 is 16.6. The standard InChI is InChI=1S/C57H92O6/c1-4-7-10-13-15-17-19-21-23-24-25-26-27-28-29-30-31-32-34-35-37-39-41-44-47-50-56(59)62-53-54(52-61-55(58)49-46-43-12-9-6-3)63-57(60)51-48-45-42-40-38-36-33-22-20-18-16-14-11-8-5-2/h7-8,10-11,15-18,21-23,25-26,28-29,33,38,40,54H,4-6,9,12-14,19-20,24,27,30-32,34-37,39,41-53H2,1-3H3/b10-7-,11-8-,17-15-,18-16-,23-21-,26-25-,29-28-,33-22-,40-38-. The van der Waals surface area contributed by atoms with Gasteiger partial charge in [0, 0.05) is 19.3 Å². The Kier molecular flexibility index (Phi) is 47.5. The topological polar surface area (TPSA) is 78.9 Å². The van der Waals surface area contributed by atoms with E-state index in [0.29, 0.717) is 19.3 Å². The summed E-state index contributed by atoms with van der Waals surface area (Å²) in [4.78, 5) is 37.6. The van der Waals surface area contributed by atoms with Crippen LogP contribution in [0.3, 0.4) is 0 Å². The lowest BCUT2D eigenvalue weighted by molar-refractivity contribution is -0.167. The fourth-order valence-electron chi connectivity index (χ4n) is 6.52. The Morgan fingerprint density at radius 2 is 0.619 bits per heavy atom. The van der Waals surface area contributed by atoms with E-state index in [2.05, 4.69) is 130 Å². The monoisotopic (exact) mass is 873 g/mol. The normalized spacial score (nSPS) is 13.0. The third-order valence-corrected chi connectivity index (χ3v) is 10.3. The zero-order valence-electron chi connectivity index (χ0n) is 40.5. The van der Waals surface area contributed by atoms with Crippen molar-refractivity contribution in [3.05, 3.63) is 109 Å². The molecule has 1 atom stereocenters. The Balaban J connectivity index is 4.20. The SMILES string of the molecule is CC/C=C\C/C=C\C/C=C\C/C=C\C/C=C\CCCCCCCCCCCC(=O)OCC(COC(=O)CCCCCCC)OC(=O)CCCC/C=C\C/C=C\C/C=C\C/C=C\CC. The van der Waals surface area contributed by atoms with Gasteiger partial charge in [0.2, 0.25) is 0 Å². The van der Waals surface area contributed by atoms with Crippen LogP contribution in [0.25, 0.3) is 0 Å². The maximum absolute atomic E-state index is 12.7. The summed E-state index contributed by atoms with van der Waals surface area (Å²) in [6.45, 7) is 6.26. The summed E-state index contributed by atoms with van der Waals surface area (Å²) in [5, 5.41) is 0. The third kappa shape index (κ3) is 49.0. The van der Waals surface area contributed by atoms with Gasteiger partial charge in [-0.05, 0) is 103 Å². The molecular formula is C57H92O6. The molecule has 356 valence electrons. The van der Waals surface area contributed by atoms with Crippen molar-refractivity contribution in [1.82, 2.24) is 0 Å². The zero-order valence-corrected chi connectivity index (χ0v) is 40.5. The highest BCUT2D eigenvalue weighted by molar-refractivity contribution is 5.71. The first-order valence-electron chi connectivity index (χ1n) is 25.4. The molecular weight excluding hydrogens is 781 g/mol. The van der Waals surface area contributed by atoms with Crippen molar-refractivity contribution in [2.45, 2.75) is 219 Å². The maximum atomic E-state index is 12.7. The Bertz CT molecular complexity index is 1330. The molecule has 0 radical (unpaired) electrons. The van der Waals surface area contributed by atoms with E-state index in [4.69, 9.17) is 14.2 Å². The van der Waals surface area contributed by atoms with Crippen molar-refractivity contribution in [1.29, 1.82) is 0 Å². The molecule has 6 nitrogen and oxygen atoms in total. The second-order valence-electron chi connectivity index (χ2n) is 16.3. The van der Waals surface area contributed by atoms with Crippen LogP contribution in [0.15, 0.2) is 109 Å². The van der Waals surface area contributed by atoms with Crippen molar-refractivity contribution in [2.75, 3.05) is 13.2 Å². The number of hydrogen-bond acceptors (Lipinski definition) is 6. The number of hydrogen-bond donors (Lipinski definition) is 0. The first-order valence-corrected chi connectivity index (χ1v) is 25.4. The first kappa shape index (κ1) is 59.1. The van der Waals surface area contributed by atoms with Gasteiger partial charge in [0.1, 0.15) is 13.2 Å². The van der Waals surface area contributed by atoms with Crippen LogP contribution in [0.4, 0.5) is 0 Å². The molecule has 0 amide bonds. The minimum Gasteiger partial charge on any atom is -0.462 e. The molecule has 0 bridgehead atoms. The number of rotatable bonds is 44. The second-order valence-corrected chi connectivity index (χ2v) is 16.3. The van der Waals surface area contributed by atoms with Gasteiger partial charge in [0.05, 0.1) is 0 Å². The molecule has 0 aromatic carbocycles. The summed E-state index contributed by atoms with van der Waals surface area (Å²) in [5.74, 6) is -0.968. The van der Waals surface area contributed by atoms with Crippen molar-refractivity contribution in [3.8, 4) is 0 Å². The fraction of sp³-hybridized carbons (Fsp3) is 0.632. The van der Waals surface area contributed by atoms with Crippen molar-refractivity contribution in [3.63, 3.8) is 0 Å².